The summed E-state index contributed by atoms with van der Waals surface area (Å²) in [4.78, 5) is 37.5. The summed E-state index contributed by atoms with van der Waals surface area (Å²) in [6.45, 7) is 1.57. The molecule has 3 aromatic carbocycles. The summed E-state index contributed by atoms with van der Waals surface area (Å²) in [6, 6.07) is 19.9. The van der Waals surface area contributed by atoms with Crippen LogP contribution in [0.1, 0.15) is 12.5 Å². The van der Waals surface area contributed by atoms with E-state index in [1.165, 1.54) is 18.2 Å². The predicted molar refractivity (Wildman–Crippen MR) is 116 cm³/mol. The fraction of sp³-hybridized carbons (Fsp3) is 0.125. The second kappa shape index (κ2) is 8.31. The number of carbonyl (C=O) groups is 3. The van der Waals surface area contributed by atoms with Gasteiger partial charge in [0.05, 0.1) is 12.8 Å². The lowest BCUT2D eigenvalue weighted by Crippen LogP contribution is -2.35. The van der Waals surface area contributed by atoms with Gasteiger partial charge in [-0.1, -0.05) is 48.5 Å². The highest BCUT2D eigenvalue weighted by Crippen LogP contribution is 2.32. The minimum Gasteiger partial charge on any atom is -0.478 e. The van der Waals surface area contributed by atoms with E-state index in [9.17, 15) is 14.4 Å². The molecule has 0 saturated carbocycles. The van der Waals surface area contributed by atoms with Crippen LogP contribution in [-0.4, -0.2) is 31.0 Å². The van der Waals surface area contributed by atoms with E-state index in [0.29, 0.717) is 17.0 Å². The third-order valence-electron chi connectivity index (χ3n) is 4.96. The zero-order valence-corrected chi connectivity index (χ0v) is 17.0. The molecule has 1 aliphatic heterocycles. The van der Waals surface area contributed by atoms with E-state index in [4.69, 9.17) is 9.47 Å². The van der Waals surface area contributed by atoms with Gasteiger partial charge >= 0.3 is 5.97 Å². The van der Waals surface area contributed by atoms with Crippen molar-refractivity contribution in [1.82, 2.24) is 5.43 Å². The Hall–Kier alpha value is -4.13. The zero-order chi connectivity index (χ0) is 22.0. The first-order valence-corrected chi connectivity index (χ1v) is 9.68. The number of esters is 1. The minimum atomic E-state index is -0.864. The molecule has 7 nitrogen and oxygen atoms in total. The second-order valence-corrected chi connectivity index (χ2v) is 6.96. The highest BCUT2D eigenvalue weighted by Gasteiger charge is 2.35. The molecule has 0 radical (unpaired) electrons. The number of hydrogen-bond donors (Lipinski definition) is 1. The molecule has 1 unspecified atom stereocenters. The first-order valence-electron chi connectivity index (χ1n) is 9.68. The Kier molecular flexibility index (Phi) is 5.41. The Morgan fingerprint density at radius 2 is 1.71 bits per heavy atom. The molecule has 0 aromatic heterocycles. The van der Waals surface area contributed by atoms with E-state index in [1.807, 2.05) is 36.4 Å². The number of carbonyl (C=O) groups excluding carboxylic acids is 3. The highest BCUT2D eigenvalue weighted by atomic mass is 16.6. The number of para-hydroxylation sites is 1. The smallest absolute Gasteiger partial charge is 0.346 e. The first-order chi connectivity index (χ1) is 15.0. The molecule has 0 bridgehead atoms. The molecule has 7 heteroatoms. The molecule has 1 saturated heterocycles. The molecule has 1 heterocycles. The maximum absolute atomic E-state index is 13.0. The third kappa shape index (κ3) is 3.85. The third-order valence-corrected chi connectivity index (χ3v) is 4.96. The van der Waals surface area contributed by atoms with Crippen molar-refractivity contribution in [2.24, 2.45) is 0 Å². The molecule has 4 rings (SSSR count). The van der Waals surface area contributed by atoms with E-state index in [0.717, 1.165) is 10.8 Å². The summed E-state index contributed by atoms with van der Waals surface area (Å²) in [5, 5.41) is 2.89. The van der Waals surface area contributed by atoms with E-state index in [2.05, 4.69) is 5.43 Å². The van der Waals surface area contributed by atoms with Crippen molar-refractivity contribution < 1.29 is 23.9 Å². The van der Waals surface area contributed by atoms with Gasteiger partial charge < -0.3 is 9.47 Å². The highest BCUT2D eigenvalue weighted by molar-refractivity contribution is 6.32. The number of amides is 2. The number of hydrogen-bond acceptors (Lipinski definition) is 5. The van der Waals surface area contributed by atoms with E-state index < -0.39 is 23.9 Å². The van der Waals surface area contributed by atoms with Gasteiger partial charge in [0, 0.05) is 5.56 Å². The average molecular weight is 416 g/mol. The normalized spacial score (nSPS) is 15.8. The number of methoxy groups -OCH3 is 1. The van der Waals surface area contributed by atoms with Crippen LogP contribution < -0.4 is 15.2 Å². The molecule has 1 aliphatic rings. The van der Waals surface area contributed by atoms with Gasteiger partial charge in [0.2, 0.25) is 0 Å². The summed E-state index contributed by atoms with van der Waals surface area (Å²) >= 11 is 0. The van der Waals surface area contributed by atoms with E-state index in [1.54, 1.807) is 37.3 Å². The number of anilines is 1. The molecular weight excluding hydrogens is 396 g/mol. The van der Waals surface area contributed by atoms with Crippen LogP contribution in [0.15, 0.2) is 72.3 Å². The molecule has 0 aliphatic carbocycles. The monoisotopic (exact) mass is 416 g/mol. The molecule has 31 heavy (non-hydrogen) atoms. The molecule has 1 fully saturated rings. The molecule has 1 atom stereocenters. The van der Waals surface area contributed by atoms with Crippen molar-refractivity contribution in [3.63, 3.8) is 0 Å². The summed E-state index contributed by atoms with van der Waals surface area (Å²) in [5.41, 5.74) is 3.64. The maximum Gasteiger partial charge on any atom is 0.346 e. The first kappa shape index (κ1) is 20.2. The Morgan fingerprint density at radius 3 is 2.45 bits per heavy atom. The van der Waals surface area contributed by atoms with E-state index in [-0.39, 0.29) is 5.57 Å². The van der Waals surface area contributed by atoms with Crippen LogP contribution in [0.25, 0.3) is 16.8 Å². The van der Waals surface area contributed by atoms with Crippen molar-refractivity contribution in [1.29, 1.82) is 0 Å². The number of benzene rings is 3. The Balaban J connectivity index is 1.80. The lowest BCUT2D eigenvalue weighted by atomic mass is 10.0. The molecule has 2 amide bonds. The number of nitrogens with zero attached hydrogens (tertiary/aromatic N) is 1. The summed E-state index contributed by atoms with van der Waals surface area (Å²) in [5.74, 6) is -1.16. The Morgan fingerprint density at radius 1 is 1.00 bits per heavy atom. The van der Waals surface area contributed by atoms with Crippen LogP contribution in [0.3, 0.4) is 0 Å². The fourth-order valence-corrected chi connectivity index (χ4v) is 3.39. The van der Waals surface area contributed by atoms with Crippen LogP contribution >= 0.6 is 0 Å². The van der Waals surface area contributed by atoms with Crippen LogP contribution in [0, 0.1) is 0 Å². The number of hydrazine groups is 1. The lowest BCUT2D eigenvalue weighted by molar-refractivity contribution is -0.147. The number of ether oxygens (including phenoxy) is 2. The topological polar surface area (TPSA) is 84.9 Å². The van der Waals surface area contributed by atoms with Crippen LogP contribution in [0.4, 0.5) is 5.69 Å². The van der Waals surface area contributed by atoms with Crippen LogP contribution in [0.5, 0.6) is 5.75 Å². The number of fused-ring (bicyclic) bond motifs is 1. The van der Waals surface area contributed by atoms with Gasteiger partial charge in [-0.15, -0.1) is 0 Å². The minimum absolute atomic E-state index is 0.0317. The van der Waals surface area contributed by atoms with Crippen LogP contribution in [-0.2, 0) is 19.1 Å². The van der Waals surface area contributed by atoms with Gasteiger partial charge in [-0.05, 0) is 42.0 Å². The fourth-order valence-electron chi connectivity index (χ4n) is 3.39. The predicted octanol–water partition coefficient (Wildman–Crippen LogP) is 3.24. The summed E-state index contributed by atoms with van der Waals surface area (Å²) in [6.07, 6.45) is 0.639. The molecule has 1 N–H and O–H groups in total. The SMILES string of the molecule is COC(=O)C(C)Oc1ccc2ccccc2c1C=C1C(=O)NN(c2ccccc2)C1=O. The van der Waals surface area contributed by atoms with Crippen molar-refractivity contribution in [2.45, 2.75) is 13.0 Å². The quantitative estimate of drug-likeness (QED) is 0.392. The maximum atomic E-state index is 13.0. The Bertz CT molecular complexity index is 1200. The molecule has 0 spiro atoms. The van der Waals surface area contributed by atoms with Crippen LogP contribution in [0.2, 0.25) is 0 Å². The largest absolute Gasteiger partial charge is 0.478 e. The van der Waals surface area contributed by atoms with Gasteiger partial charge in [-0.3, -0.25) is 15.0 Å². The standard InChI is InChI=1S/C24H20N2O5/c1-15(24(29)30-2)31-21-13-12-16-8-6-7-11-18(16)19(21)14-20-22(27)25-26(23(20)28)17-9-4-3-5-10-17/h3-15H,1-2H3,(H,25,27). The van der Waals surface area contributed by atoms with Gasteiger partial charge in [-0.25, -0.2) is 9.80 Å². The number of rotatable bonds is 5. The summed E-state index contributed by atoms with van der Waals surface area (Å²) in [7, 11) is 1.28. The molecule has 3 aromatic rings. The molecular formula is C24H20N2O5. The summed E-state index contributed by atoms with van der Waals surface area (Å²) < 4.78 is 10.6. The Labute approximate surface area is 178 Å². The van der Waals surface area contributed by atoms with Gasteiger partial charge in [0.1, 0.15) is 11.3 Å². The van der Waals surface area contributed by atoms with Gasteiger partial charge in [0.25, 0.3) is 11.8 Å². The van der Waals surface area contributed by atoms with Crippen molar-refractivity contribution in [3.05, 3.63) is 77.9 Å². The van der Waals surface area contributed by atoms with Gasteiger partial charge in [0.15, 0.2) is 6.10 Å². The molecule has 156 valence electrons. The zero-order valence-electron chi connectivity index (χ0n) is 17.0. The van der Waals surface area contributed by atoms with Crippen molar-refractivity contribution in [2.75, 3.05) is 12.1 Å². The number of nitrogens with one attached hydrogen (secondary N) is 1. The van der Waals surface area contributed by atoms with Crippen molar-refractivity contribution >= 4 is 40.3 Å². The van der Waals surface area contributed by atoms with Crippen molar-refractivity contribution in [3.8, 4) is 5.75 Å². The van der Waals surface area contributed by atoms with E-state index >= 15 is 0 Å². The lowest BCUT2D eigenvalue weighted by Gasteiger charge is -2.16. The van der Waals surface area contributed by atoms with Gasteiger partial charge in [-0.2, -0.15) is 0 Å². The average Bonchev–Trinajstić information content (AvgIpc) is 3.08. The second-order valence-electron chi connectivity index (χ2n) is 6.96.